The van der Waals surface area contributed by atoms with E-state index >= 15 is 0 Å². The normalized spacial score (nSPS) is 20.6. The Kier molecular flexibility index (Phi) is 20.1. The SMILES string of the molecule is CC[C@H](C)[C@@H]([C@@H](CC(=O)N1C[C@H](OC)CC1[C@H](OC)[C@@H](C)C(=O)C[C@H](C)C(=NO)c1cccc(OC)c1)OC)N(C)C(=O)[C@@H](CC(=O)[C@@H](NC)C(C)C)C(C)C. The molecule has 2 rings (SSSR count). The van der Waals surface area contributed by atoms with Crippen molar-refractivity contribution in [3.63, 3.8) is 0 Å². The summed E-state index contributed by atoms with van der Waals surface area (Å²) in [7, 11) is 9.79. The first-order valence-electron chi connectivity index (χ1n) is 20.2. The second kappa shape index (κ2) is 23.1. The molecule has 13 heteroatoms. The minimum Gasteiger partial charge on any atom is -0.497 e. The van der Waals surface area contributed by atoms with E-state index in [-0.39, 0.29) is 72.5 Å². The number of nitrogens with zero attached hydrogens (tertiary/aromatic N) is 3. The van der Waals surface area contributed by atoms with Gasteiger partial charge in [0.1, 0.15) is 11.5 Å². The van der Waals surface area contributed by atoms with Crippen molar-refractivity contribution in [3.05, 3.63) is 29.8 Å². The Morgan fingerprint density at radius 1 is 0.946 bits per heavy atom. The fourth-order valence-corrected chi connectivity index (χ4v) is 8.38. The standard InChI is InChI=1S/C43H72N4O9/c1-15-27(6)41(46(10)43(51)33(25(2)3)22-36(49)39(44-9)26(4)5)37(55-13)23-38(50)47-24-32(54-12)21-34(47)42(56-14)29(8)35(48)19-28(7)40(45-52)30-17-16-18-31(20-30)53-11/h16-18,20,25-29,32-34,37,39,41-42,44,52H,15,19,21-24H2,1-14H3/t27-,28-,29-,32+,33-,34?,37+,39-,41-,42+/m0/s1. The molecule has 0 saturated carbocycles. The van der Waals surface area contributed by atoms with Crippen molar-refractivity contribution in [1.29, 1.82) is 0 Å². The molecule has 56 heavy (non-hydrogen) atoms. The molecule has 2 amide bonds. The Hall–Kier alpha value is -3.39. The van der Waals surface area contributed by atoms with Crippen molar-refractivity contribution in [1.82, 2.24) is 15.1 Å². The second-order valence-electron chi connectivity index (χ2n) is 16.3. The van der Waals surface area contributed by atoms with E-state index in [2.05, 4.69) is 10.5 Å². The number of ketones is 2. The van der Waals surface area contributed by atoms with Crippen LogP contribution in [-0.2, 0) is 33.4 Å². The zero-order valence-corrected chi connectivity index (χ0v) is 36.5. The molecular weight excluding hydrogens is 716 g/mol. The van der Waals surface area contributed by atoms with Crippen molar-refractivity contribution >= 4 is 29.1 Å². The Morgan fingerprint density at radius 2 is 1.61 bits per heavy atom. The lowest BCUT2D eigenvalue weighted by Crippen LogP contribution is -2.54. The number of benzene rings is 1. The molecule has 1 aliphatic heterocycles. The molecule has 10 atom stereocenters. The van der Waals surface area contributed by atoms with Gasteiger partial charge in [0, 0.05) is 71.1 Å². The Bertz CT molecular complexity index is 1450. The monoisotopic (exact) mass is 789 g/mol. The molecule has 1 saturated heterocycles. The highest BCUT2D eigenvalue weighted by molar-refractivity contribution is 6.04. The third kappa shape index (κ3) is 12.3. The van der Waals surface area contributed by atoms with E-state index in [0.717, 1.165) is 6.42 Å². The van der Waals surface area contributed by atoms with E-state index < -0.39 is 42.0 Å². The van der Waals surface area contributed by atoms with Gasteiger partial charge >= 0.3 is 0 Å². The van der Waals surface area contributed by atoms with Crippen molar-refractivity contribution in [3.8, 4) is 5.75 Å². The predicted molar refractivity (Wildman–Crippen MR) is 218 cm³/mol. The summed E-state index contributed by atoms with van der Waals surface area (Å²) in [6.07, 6.45) is -0.154. The van der Waals surface area contributed by atoms with Crippen LogP contribution in [0.5, 0.6) is 5.75 Å². The number of Topliss-reactive ketones (excluding diaryl/α,β-unsaturated/α-hetero) is 2. The van der Waals surface area contributed by atoms with E-state index in [1.165, 1.54) is 0 Å². The van der Waals surface area contributed by atoms with Crippen molar-refractivity contribution in [2.24, 2.45) is 40.7 Å². The highest BCUT2D eigenvalue weighted by Gasteiger charge is 2.45. The summed E-state index contributed by atoms with van der Waals surface area (Å²) in [6, 6.07) is 5.88. The van der Waals surface area contributed by atoms with Crippen LogP contribution in [-0.4, -0.2) is 130 Å². The van der Waals surface area contributed by atoms with Crippen LogP contribution in [0.1, 0.15) is 93.1 Å². The van der Waals surface area contributed by atoms with Gasteiger partial charge in [0.2, 0.25) is 11.8 Å². The molecule has 2 N–H and O–H groups in total. The predicted octanol–water partition coefficient (Wildman–Crippen LogP) is 5.49. The van der Waals surface area contributed by atoms with Crippen LogP contribution in [0.2, 0.25) is 0 Å². The van der Waals surface area contributed by atoms with Crippen LogP contribution >= 0.6 is 0 Å². The summed E-state index contributed by atoms with van der Waals surface area (Å²) in [6.45, 7) is 15.9. The molecule has 1 aliphatic rings. The van der Waals surface area contributed by atoms with Crippen LogP contribution in [0.15, 0.2) is 29.4 Å². The molecule has 0 aromatic heterocycles. The first kappa shape index (κ1) is 48.8. The maximum absolute atomic E-state index is 14.4. The zero-order chi connectivity index (χ0) is 42.4. The number of oxime groups is 1. The van der Waals surface area contributed by atoms with Crippen molar-refractivity contribution < 1.29 is 43.3 Å². The van der Waals surface area contributed by atoms with E-state index in [1.54, 1.807) is 83.5 Å². The summed E-state index contributed by atoms with van der Waals surface area (Å²) in [5.74, 6) is -1.41. The molecule has 318 valence electrons. The van der Waals surface area contributed by atoms with Crippen molar-refractivity contribution in [2.45, 2.75) is 124 Å². The quantitative estimate of drug-likeness (QED) is 0.0781. The first-order chi connectivity index (χ1) is 26.5. The van der Waals surface area contributed by atoms with Gasteiger partial charge in [-0.25, -0.2) is 0 Å². The number of nitrogens with one attached hydrogen (secondary N) is 1. The summed E-state index contributed by atoms with van der Waals surface area (Å²) in [5.41, 5.74) is 1.01. The number of ether oxygens (including phenoxy) is 4. The van der Waals surface area contributed by atoms with Gasteiger partial charge in [-0.2, -0.15) is 0 Å². The average Bonchev–Trinajstić information content (AvgIpc) is 3.61. The third-order valence-corrected chi connectivity index (χ3v) is 12.0. The van der Waals surface area contributed by atoms with Crippen LogP contribution in [0.4, 0.5) is 0 Å². The lowest BCUT2D eigenvalue weighted by molar-refractivity contribution is -0.149. The van der Waals surface area contributed by atoms with Gasteiger partial charge in [0.15, 0.2) is 5.78 Å². The van der Waals surface area contributed by atoms with Crippen LogP contribution < -0.4 is 10.1 Å². The fourth-order valence-electron chi connectivity index (χ4n) is 8.38. The van der Waals surface area contributed by atoms with E-state index in [0.29, 0.717) is 30.0 Å². The first-order valence-corrected chi connectivity index (χ1v) is 20.2. The number of hydrogen-bond donors (Lipinski definition) is 2. The molecule has 0 aliphatic carbocycles. The van der Waals surface area contributed by atoms with E-state index in [4.69, 9.17) is 18.9 Å². The number of hydrogen-bond acceptors (Lipinski definition) is 11. The number of carbonyl (C=O) groups is 4. The summed E-state index contributed by atoms with van der Waals surface area (Å²) < 4.78 is 23.2. The van der Waals surface area contributed by atoms with Gasteiger partial charge in [-0.1, -0.05) is 79.1 Å². The molecule has 1 aromatic rings. The number of rotatable bonds is 24. The van der Waals surface area contributed by atoms with E-state index in [9.17, 15) is 24.4 Å². The number of likely N-dealkylation sites (N-methyl/N-ethyl adjacent to an activating group) is 2. The average molecular weight is 789 g/mol. The summed E-state index contributed by atoms with van der Waals surface area (Å²) >= 11 is 0. The molecule has 1 fully saturated rings. The molecule has 1 heterocycles. The van der Waals surface area contributed by atoms with Crippen LogP contribution in [0.3, 0.4) is 0 Å². The molecule has 1 unspecified atom stereocenters. The highest BCUT2D eigenvalue weighted by Crippen LogP contribution is 2.32. The zero-order valence-electron chi connectivity index (χ0n) is 36.5. The van der Waals surface area contributed by atoms with Gasteiger partial charge in [-0.05, 0) is 43.4 Å². The van der Waals surface area contributed by atoms with Crippen LogP contribution in [0.25, 0.3) is 0 Å². The minimum absolute atomic E-state index is 0.00276. The summed E-state index contributed by atoms with van der Waals surface area (Å²) in [5, 5.41) is 16.6. The summed E-state index contributed by atoms with van der Waals surface area (Å²) in [4.78, 5) is 59.4. The second-order valence-corrected chi connectivity index (χ2v) is 16.3. The van der Waals surface area contributed by atoms with Gasteiger partial charge < -0.3 is 39.3 Å². The molecule has 0 bridgehead atoms. The Balaban J connectivity index is 2.35. The van der Waals surface area contributed by atoms with Gasteiger partial charge in [0.25, 0.3) is 0 Å². The number of amides is 2. The van der Waals surface area contributed by atoms with E-state index in [1.807, 2.05) is 48.5 Å². The number of methoxy groups -OCH3 is 4. The highest BCUT2D eigenvalue weighted by atomic mass is 16.5. The maximum atomic E-state index is 14.4. The number of carbonyl (C=O) groups excluding carboxylic acids is 4. The molecular formula is C43H72N4O9. The lowest BCUT2D eigenvalue weighted by atomic mass is 9.84. The minimum atomic E-state index is -0.647. The third-order valence-electron chi connectivity index (χ3n) is 12.0. The molecule has 1 aromatic carbocycles. The fraction of sp³-hybridized carbons (Fsp3) is 0.744. The lowest BCUT2D eigenvalue weighted by Gasteiger charge is -2.41. The molecule has 0 spiro atoms. The van der Waals surface area contributed by atoms with Crippen LogP contribution in [0, 0.1) is 35.5 Å². The molecule has 0 radical (unpaired) electrons. The Morgan fingerprint density at radius 3 is 2.11 bits per heavy atom. The molecule has 13 nitrogen and oxygen atoms in total. The van der Waals surface area contributed by atoms with Gasteiger partial charge in [-0.3, -0.25) is 19.2 Å². The van der Waals surface area contributed by atoms with Gasteiger partial charge in [0.05, 0.1) is 55.7 Å². The van der Waals surface area contributed by atoms with Crippen molar-refractivity contribution in [2.75, 3.05) is 49.1 Å². The Labute approximate surface area is 336 Å². The number of likely N-dealkylation sites (tertiary alicyclic amines) is 1. The van der Waals surface area contributed by atoms with Gasteiger partial charge in [-0.15, -0.1) is 0 Å². The topological polar surface area (TPSA) is 156 Å². The largest absolute Gasteiger partial charge is 0.497 e. The smallest absolute Gasteiger partial charge is 0.226 e. The maximum Gasteiger partial charge on any atom is 0.226 e.